The molecule has 0 radical (unpaired) electrons. The SMILES string of the molecule is C[C@@H](C(=O)NCc1ccc2c(c1)OCO2)[NH+](C)CC(=O)NC1CC1. The van der Waals surface area contributed by atoms with Crippen molar-refractivity contribution in [3.8, 4) is 11.5 Å². The summed E-state index contributed by atoms with van der Waals surface area (Å²) in [7, 11) is 1.86. The molecule has 0 aromatic heterocycles. The highest BCUT2D eigenvalue weighted by Crippen LogP contribution is 2.32. The first-order valence-corrected chi connectivity index (χ1v) is 8.31. The topological polar surface area (TPSA) is 81.1 Å². The minimum atomic E-state index is -0.302. The molecule has 1 heterocycles. The molecule has 0 saturated heterocycles. The second kappa shape index (κ2) is 7.09. The number of fused-ring (bicyclic) bond motifs is 1. The highest BCUT2D eigenvalue weighted by molar-refractivity contribution is 5.81. The summed E-state index contributed by atoms with van der Waals surface area (Å²) in [5.41, 5.74) is 0.948. The molecule has 3 N–H and O–H groups in total. The Morgan fingerprint density at radius 2 is 2.04 bits per heavy atom. The van der Waals surface area contributed by atoms with E-state index < -0.39 is 0 Å². The summed E-state index contributed by atoms with van der Waals surface area (Å²) in [6.45, 7) is 2.78. The third-order valence-corrected chi connectivity index (χ3v) is 4.42. The van der Waals surface area contributed by atoms with Gasteiger partial charge in [-0.3, -0.25) is 9.59 Å². The van der Waals surface area contributed by atoms with Gasteiger partial charge < -0.3 is 25.0 Å². The van der Waals surface area contributed by atoms with Crippen LogP contribution in [0.3, 0.4) is 0 Å². The highest BCUT2D eigenvalue weighted by atomic mass is 16.7. The lowest BCUT2D eigenvalue weighted by Gasteiger charge is -2.20. The minimum absolute atomic E-state index is 0.00502. The van der Waals surface area contributed by atoms with Gasteiger partial charge in [0.05, 0.1) is 7.05 Å². The van der Waals surface area contributed by atoms with Crippen molar-refractivity contribution >= 4 is 11.8 Å². The third-order valence-electron chi connectivity index (χ3n) is 4.42. The van der Waals surface area contributed by atoms with Crippen molar-refractivity contribution in [2.75, 3.05) is 20.4 Å². The predicted molar refractivity (Wildman–Crippen MR) is 86.8 cm³/mol. The number of quaternary nitrogens is 1. The van der Waals surface area contributed by atoms with Crippen LogP contribution in [0.4, 0.5) is 0 Å². The number of hydrogen-bond donors (Lipinski definition) is 3. The minimum Gasteiger partial charge on any atom is -0.454 e. The van der Waals surface area contributed by atoms with E-state index in [2.05, 4.69) is 10.6 Å². The Bertz CT molecular complexity index is 630. The molecule has 7 heteroatoms. The van der Waals surface area contributed by atoms with Crippen molar-refractivity contribution in [2.45, 2.75) is 38.4 Å². The van der Waals surface area contributed by atoms with Gasteiger partial charge >= 0.3 is 0 Å². The molecule has 2 atom stereocenters. The quantitative estimate of drug-likeness (QED) is 0.611. The molecule has 24 heavy (non-hydrogen) atoms. The van der Waals surface area contributed by atoms with Gasteiger partial charge in [0.15, 0.2) is 24.1 Å². The molecule has 2 aliphatic rings. The van der Waals surface area contributed by atoms with Gasteiger partial charge in [0.2, 0.25) is 6.79 Å². The first-order chi connectivity index (χ1) is 11.5. The molecule has 7 nitrogen and oxygen atoms in total. The predicted octanol–water partition coefficient (Wildman–Crippen LogP) is -0.787. The summed E-state index contributed by atoms with van der Waals surface area (Å²) in [5, 5.41) is 5.85. The summed E-state index contributed by atoms with van der Waals surface area (Å²) in [4.78, 5) is 25.0. The lowest BCUT2D eigenvalue weighted by Crippen LogP contribution is -3.15. The van der Waals surface area contributed by atoms with E-state index in [4.69, 9.17) is 9.47 Å². The van der Waals surface area contributed by atoms with Crippen LogP contribution in [0.5, 0.6) is 11.5 Å². The molecule has 0 spiro atoms. The van der Waals surface area contributed by atoms with Gasteiger partial charge in [-0.25, -0.2) is 0 Å². The third kappa shape index (κ3) is 4.17. The van der Waals surface area contributed by atoms with Crippen LogP contribution < -0.4 is 25.0 Å². The smallest absolute Gasteiger partial charge is 0.278 e. The zero-order valence-corrected chi connectivity index (χ0v) is 14.1. The molecular weight excluding hydrogens is 310 g/mol. The number of nitrogens with one attached hydrogen (secondary N) is 3. The number of likely N-dealkylation sites (N-methyl/N-ethyl adjacent to an activating group) is 1. The molecule has 1 unspecified atom stereocenters. The Morgan fingerprint density at radius 3 is 2.79 bits per heavy atom. The molecule has 0 bridgehead atoms. The van der Waals surface area contributed by atoms with Crippen LogP contribution in [-0.2, 0) is 16.1 Å². The van der Waals surface area contributed by atoms with Gasteiger partial charge in [-0.1, -0.05) is 6.07 Å². The molecular formula is C17H24N3O4+. The van der Waals surface area contributed by atoms with E-state index in [1.165, 1.54) is 0 Å². The maximum atomic E-state index is 12.3. The molecule has 1 aromatic rings. The zero-order valence-electron chi connectivity index (χ0n) is 14.1. The fourth-order valence-electron chi connectivity index (χ4n) is 2.53. The van der Waals surface area contributed by atoms with Crippen LogP contribution in [0, 0.1) is 0 Å². The average molecular weight is 334 g/mol. The van der Waals surface area contributed by atoms with Crippen LogP contribution >= 0.6 is 0 Å². The Kier molecular flexibility index (Phi) is 4.89. The number of ether oxygens (including phenoxy) is 2. The molecule has 1 saturated carbocycles. The number of carbonyl (C=O) groups is 2. The maximum Gasteiger partial charge on any atom is 0.278 e. The van der Waals surface area contributed by atoms with E-state index in [0.717, 1.165) is 29.1 Å². The first kappa shape index (κ1) is 16.6. The zero-order chi connectivity index (χ0) is 17.1. The number of amides is 2. The van der Waals surface area contributed by atoms with E-state index in [9.17, 15) is 9.59 Å². The van der Waals surface area contributed by atoms with Crippen LogP contribution in [0.1, 0.15) is 25.3 Å². The standard InChI is InChI=1S/C17H23N3O4/c1-11(20(2)9-16(21)19-13-4-5-13)17(22)18-8-12-3-6-14-15(7-12)24-10-23-14/h3,6-7,11,13H,4-5,8-10H2,1-2H3,(H,18,22)(H,19,21)/p+1/t11-/m0/s1. The Morgan fingerprint density at radius 1 is 1.29 bits per heavy atom. The van der Waals surface area contributed by atoms with Crippen molar-refractivity contribution in [1.82, 2.24) is 10.6 Å². The Labute approximate surface area is 141 Å². The van der Waals surface area contributed by atoms with Crippen molar-refractivity contribution < 1.29 is 24.0 Å². The molecule has 3 rings (SSSR count). The van der Waals surface area contributed by atoms with E-state index in [1.54, 1.807) is 0 Å². The van der Waals surface area contributed by atoms with Gasteiger partial charge in [0.25, 0.3) is 11.8 Å². The van der Waals surface area contributed by atoms with Crippen LogP contribution in [0.25, 0.3) is 0 Å². The molecule has 1 aliphatic heterocycles. The fraction of sp³-hybridized carbons (Fsp3) is 0.529. The largest absolute Gasteiger partial charge is 0.454 e. The first-order valence-electron chi connectivity index (χ1n) is 8.31. The van der Waals surface area contributed by atoms with Crippen molar-refractivity contribution in [3.05, 3.63) is 23.8 Å². The van der Waals surface area contributed by atoms with E-state index >= 15 is 0 Å². The summed E-state index contributed by atoms with van der Waals surface area (Å²) in [5.74, 6) is 1.35. The average Bonchev–Trinajstić information content (AvgIpc) is 3.24. The lowest BCUT2D eigenvalue weighted by molar-refractivity contribution is -0.886. The second-order valence-corrected chi connectivity index (χ2v) is 6.49. The summed E-state index contributed by atoms with van der Waals surface area (Å²) in [6, 6.07) is 5.65. The molecule has 1 aliphatic carbocycles. The number of carbonyl (C=O) groups excluding carboxylic acids is 2. The van der Waals surface area contributed by atoms with Gasteiger partial charge in [-0.15, -0.1) is 0 Å². The number of hydrogen-bond acceptors (Lipinski definition) is 4. The molecule has 1 aromatic carbocycles. The van der Waals surface area contributed by atoms with Gasteiger partial charge in [-0.05, 0) is 37.5 Å². The fourth-order valence-corrected chi connectivity index (χ4v) is 2.53. The van der Waals surface area contributed by atoms with Crippen molar-refractivity contribution in [2.24, 2.45) is 0 Å². The summed E-state index contributed by atoms with van der Waals surface area (Å²) < 4.78 is 10.6. The maximum absolute atomic E-state index is 12.3. The van der Waals surface area contributed by atoms with E-state index in [1.807, 2.05) is 32.2 Å². The summed E-state index contributed by atoms with van der Waals surface area (Å²) >= 11 is 0. The van der Waals surface area contributed by atoms with Crippen LogP contribution in [-0.4, -0.2) is 44.3 Å². The van der Waals surface area contributed by atoms with Gasteiger partial charge in [-0.2, -0.15) is 0 Å². The molecule has 2 amide bonds. The Balaban J connectivity index is 1.45. The van der Waals surface area contributed by atoms with Crippen molar-refractivity contribution in [3.63, 3.8) is 0 Å². The van der Waals surface area contributed by atoms with E-state index in [0.29, 0.717) is 24.9 Å². The lowest BCUT2D eigenvalue weighted by atomic mass is 10.2. The highest BCUT2D eigenvalue weighted by Gasteiger charge is 2.27. The summed E-state index contributed by atoms with van der Waals surface area (Å²) in [6.07, 6.45) is 2.13. The van der Waals surface area contributed by atoms with Crippen LogP contribution in [0.15, 0.2) is 18.2 Å². The second-order valence-electron chi connectivity index (χ2n) is 6.49. The van der Waals surface area contributed by atoms with Gasteiger partial charge in [0, 0.05) is 12.6 Å². The number of rotatable bonds is 7. The van der Waals surface area contributed by atoms with Crippen LogP contribution in [0.2, 0.25) is 0 Å². The monoisotopic (exact) mass is 334 g/mol. The Hall–Kier alpha value is -2.28. The molecule has 1 fully saturated rings. The van der Waals surface area contributed by atoms with E-state index in [-0.39, 0.29) is 24.6 Å². The van der Waals surface area contributed by atoms with Crippen molar-refractivity contribution in [1.29, 1.82) is 0 Å². The molecule has 130 valence electrons. The normalized spacial score (nSPS) is 17.9. The number of benzene rings is 1. The van der Waals surface area contributed by atoms with Gasteiger partial charge in [0.1, 0.15) is 0 Å².